The number of nitrogens with zero attached hydrogens (tertiary/aromatic N) is 5. The number of halogens is 1. The van der Waals surface area contributed by atoms with E-state index in [0.29, 0.717) is 22.2 Å². The molecule has 3 aromatic heterocycles. The summed E-state index contributed by atoms with van der Waals surface area (Å²) < 4.78 is 18.1. The molecular formula is C31H33FN6O3. The van der Waals surface area contributed by atoms with Gasteiger partial charge in [-0.3, -0.25) is 24.0 Å². The largest absolute Gasteiger partial charge is 0.366 e. The number of fused-ring (bicyclic) bond motifs is 2. The van der Waals surface area contributed by atoms with Gasteiger partial charge in [0.25, 0.3) is 5.91 Å². The first-order valence-electron chi connectivity index (χ1n) is 14.1. The van der Waals surface area contributed by atoms with Crippen molar-refractivity contribution in [1.29, 1.82) is 0 Å². The van der Waals surface area contributed by atoms with Crippen LogP contribution in [0.1, 0.15) is 53.1 Å². The fraction of sp³-hybridized carbons (Fsp3) is 0.387. The number of likely N-dealkylation sites (tertiary alicyclic amines) is 1. The number of hydrogen-bond acceptors (Lipinski definition) is 5. The molecule has 4 aromatic rings. The third kappa shape index (κ3) is 5.26. The number of nitrogens with two attached hydrogens (primary N) is 1. The molecular weight excluding hydrogens is 523 g/mol. The van der Waals surface area contributed by atoms with Gasteiger partial charge in [-0.25, -0.2) is 4.39 Å². The van der Waals surface area contributed by atoms with Crippen LogP contribution in [0.4, 0.5) is 4.39 Å². The van der Waals surface area contributed by atoms with Gasteiger partial charge in [0, 0.05) is 52.8 Å². The molecule has 0 aliphatic carbocycles. The van der Waals surface area contributed by atoms with E-state index in [-0.39, 0.29) is 50.5 Å². The van der Waals surface area contributed by atoms with Gasteiger partial charge in [-0.15, -0.1) is 0 Å². The van der Waals surface area contributed by atoms with Gasteiger partial charge in [-0.2, -0.15) is 5.10 Å². The zero-order valence-corrected chi connectivity index (χ0v) is 23.1. The van der Waals surface area contributed by atoms with Crippen LogP contribution in [0.25, 0.3) is 22.0 Å². The van der Waals surface area contributed by atoms with Crippen LogP contribution < -0.4 is 5.73 Å². The molecule has 2 amide bonds. The minimum Gasteiger partial charge on any atom is -0.366 e. The van der Waals surface area contributed by atoms with Crippen LogP contribution in [0.2, 0.25) is 0 Å². The third-order valence-electron chi connectivity index (χ3n) is 8.30. The van der Waals surface area contributed by atoms with E-state index in [1.807, 2.05) is 48.1 Å². The van der Waals surface area contributed by atoms with Crippen molar-refractivity contribution in [3.63, 3.8) is 0 Å². The van der Waals surface area contributed by atoms with E-state index in [4.69, 9.17) is 5.73 Å². The molecule has 0 bridgehead atoms. The summed E-state index contributed by atoms with van der Waals surface area (Å²) in [5, 5.41) is 5.13. The first-order chi connectivity index (χ1) is 19.8. The lowest BCUT2D eigenvalue weighted by atomic mass is 10.0. The molecule has 0 saturated carbocycles. The highest BCUT2D eigenvalue weighted by molar-refractivity contribution is 6.07. The number of amides is 2. The zero-order valence-electron chi connectivity index (χ0n) is 23.1. The second kappa shape index (κ2) is 10.9. The third-order valence-corrected chi connectivity index (χ3v) is 8.30. The molecule has 0 spiro atoms. The second-order valence-corrected chi connectivity index (χ2v) is 11.1. The molecule has 9 nitrogen and oxygen atoms in total. The fourth-order valence-corrected chi connectivity index (χ4v) is 6.23. The summed E-state index contributed by atoms with van der Waals surface area (Å²) in [7, 11) is 0. The van der Waals surface area contributed by atoms with Crippen molar-refractivity contribution in [2.75, 3.05) is 6.54 Å². The number of aryl methyl sites for hydroxylation is 2. The first-order valence-corrected chi connectivity index (χ1v) is 14.1. The quantitative estimate of drug-likeness (QED) is 0.372. The number of hydrogen-bond donors (Lipinski definition) is 1. The average molecular weight is 557 g/mol. The molecule has 2 aliphatic rings. The summed E-state index contributed by atoms with van der Waals surface area (Å²) in [5.74, 6) is -1.05. The Balaban J connectivity index is 1.29. The number of benzene rings is 1. The van der Waals surface area contributed by atoms with E-state index in [9.17, 15) is 18.8 Å². The molecule has 1 aromatic carbocycles. The average Bonchev–Trinajstić information content (AvgIpc) is 3.61. The summed E-state index contributed by atoms with van der Waals surface area (Å²) in [4.78, 5) is 45.5. The number of alkyl halides is 1. The monoisotopic (exact) mass is 556 g/mol. The number of Topliss-reactive ketones (excluding diaryl/α,β-unsaturated/α-hetero) is 1. The molecule has 2 aliphatic heterocycles. The number of primary amides is 1. The Morgan fingerprint density at radius 1 is 1.10 bits per heavy atom. The smallest absolute Gasteiger partial charge is 0.250 e. The maximum atomic E-state index is 14.4. The van der Waals surface area contributed by atoms with Crippen molar-refractivity contribution in [2.45, 2.75) is 70.8 Å². The number of carbonyl (C=O) groups excluding carboxylic acids is 3. The first kappa shape index (κ1) is 26.9. The van der Waals surface area contributed by atoms with Gasteiger partial charge in [-0.1, -0.05) is 12.1 Å². The predicted octanol–water partition coefficient (Wildman–Crippen LogP) is 3.78. The topological polar surface area (TPSA) is 116 Å². The van der Waals surface area contributed by atoms with Crippen molar-refractivity contribution in [1.82, 2.24) is 24.2 Å². The Morgan fingerprint density at radius 2 is 1.95 bits per heavy atom. The molecule has 1 unspecified atom stereocenters. The van der Waals surface area contributed by atoms with Gasteiger partial charge in [0.05, 0.1) is 24.2 Å². The maximum Gasteiger partial charge on any atom is 0.250 e. The van der Waals surface area contributed by atoms with Gasteiger partial charge in [0.15, 0.2) is 5.78 Å². The maximum absolute atomic E-state index is 14.4. The predicted molar refractivity (Wildman–Crippen MR) is 152 cm³/mol. The Hall–Kier alpha value is -4.34. The number of rotatable bonds is 7. The Morgan fingerprint density at radius 3 is 2.76 bits per heavy atom. The summed E-state index contributed by atoms with van der Waals surface area (Å²) in [5.41, 5.74) is 11.3. The second-order valence-electron chi connectivity index (χ2n) is 11.1. The molecule has 212 valence electrons. The van der Waals surface area contributed by atoms with E-state index >= 15 is 0 Å². The molecule has 0 radical (unpaired) electrons. The van der Waals surface area contributed by atoms with Crippen molar-refractivity contribution < 1.29 is 18.8 Å². The van der Waals surface area contributed by atoms with E-state index in [1.165, 1.54) is 10.6 Å². The van der Waals surface area contributed by atoms with Crippen LogP contribution in [0.15, 0.2) is 48.8 Å². The molecule has 1 saturated heterocycles. The van der Waals surface area contributed by atoms with Crippen molar-refractivity contribution in [2.24, 2.45) is 5.73 Å². The Kier molecular flexibility index (Phi) is 7.15. The SMILES string of the molecule is Cc1cccc(CC(=O)[C@@H]2CCC(F)CCN2C(=O)Cn2cc(C(N)=O)c3cc(-c4cnn5c4CCC5)ccc32)n1. The lowest BCUT2D eigenvalue weighted by Gasteiger charge is -2.29. The molecule has 2 N–H and O–H groups in total. The zero-order chi connectivity index (χ0) is 28.7. The van der Waals surface area contributed by atoms with Crippen molar-refractivity contribution in [3.8, 4) is 11.1 Å². The van der Waals surface area contributed by atoms with E-state index in [1.54, 1.807) is 16.8 Å². The van der Waals surface area contributed by atoms with Gasteiger partial charge >= 0.3 is 0 Å². The van der Waals surface area contributed by atoms with Crippen LogP contribution in [-0.2, 0) is 35.5 Å². The number of aromatic nitrogens is 4. The summed E-state index contributed by atoms with van der Waals surface area (Å²) in [6, 6.07) is 10.5. The molecule has 10 heteroatoms. The van der Waals surface area contributed by atoms with Crippen LogP contribution in [0, 0.1) is 6.92 Å². The highest BCUT2D eigenvalue weighted by Gasteiger charge is 2.34. The lowest BCUT2D eigenvalue weighted by molar-refractivity contribution is -0.139. The molecule has 2 atom stereocenters. The van der Waals surface area contributed by atoms with Crippen LogP contribution in [-0.4, -0.2) is 60.6 Å². The van der Waals surface area contributed by atoms with Crippen molar-refractivity contribution in [3.05, 3.63) is 71.4 Å². The number of ketones is 1. The van der Waals surface area contributed by atoms with Crippen molar-refractivity contribution >= 4 is 28.5 Å². The van der Waals surface area contributed by atoms with Gasteiger partial charge in [0.2, 0.25) is 5.91 Å². The van der Waals surface area contributed by atoms with Gasteiger partial charge < -0.3 is 15.2 Å². The van der Waals surface area contributed by atoms with E-state index in [0.717, 1.165) is 36.2 Å². The lowest BCUT2D eigenvalue weighted by Crippen LogP contribution is -2.46. The normalized spacial score (nSPS) is 18.8. The fourth-order valence-electron chi connectivity index (χ4n) is 6.23. The summed E-state index contributed by atoms with van der Waals surface area (Å²) >= 11 is 0. The van der Waals surface area contributed by atoms with E-state index < -0.39 is 18.1 Å². The standard InChI is InChI=1S/C31H33FN6O3/c1-19-4-2-5-22(35-19)15-29(39)28-10-8-21(32)11-13-37(28)30(40)18-36-17-25(31(33)41)23-14-20(7-9-26(23)36)24-16-34-38-12-3-6-27(24)38/h2,4-5,7,9,14,16-17,21,28H,3,6,8,10-13,15,18H2,1H3,(H2,33,41)/t21?,28-/m0/s1. The van der Waals surface area contributed by atoms with Crippen LogP contribution >= 0.6 is 0 Å². The number of pyridine rings is 1. The number of carbonyl (C=O) groups is 3. The van der Waals surface area contributed by atoms with E-state index in [2.05, 4.69) is 10.1 Å². The van der Waals surface area contributed by atoms with Gasteiger partial charge in [-0.05, 0) is 68.9 Å². The summed E-state index contributed by atoms with van der Waals surface area (Å²) in [6.45, 7) is 2.80. The Labute approximate surface area is 237 Å². The molecule has 6 rings (SSSR count). The molecule has 1 fully saturated rings. The highest BCUT2D eigenvalue weighted by atomic mass is 19.1. The highest BCUT2D eigenvalue weighted by Crippen LogP contribution is 2.32. The van der Waals surface area contributed by atoms with Crippen LogP contribution in [0.3, 0.4) is 0 Å². The summed E-state index contributed by atoms with van der Waals surface area (Å²) in [6.07, 6.45) is 5.11. The molecule has 41 heavy (non-hydrogen) atoms. The van der Waals surface area contributed by atoms with Crippen LogP contribution in [0.5, 0.6) is 0 Å². The molecule has 5 heterocycles. The minimum absolute atomic E-state index is 0.0761. The van der Waals surface area contributed by atoms with Gasteiger partial charge in [0.1, 0.15) is 12.7 Å². The Bertz CT molecular complexity index is 1660. The minimum atomic E-state index is -1.07.